The van der Waals surface area contributed by atoms with Gasteiger partial charge in [0.15, 0.2) is 0 Å². The average molecular weight is 284 g/mol. The van der Waals surface area contributed by atoms with Gasteiger partial charge < -0.3 is 10.6 Å². The van der Waals surface area contributed by atoms with Crippen LogP contribution in [0.15, 0.2) is 0 Å². The fourth-order valence-electron chi connectivity index (χ4n) is 3.32. The van der Waals surface area contributed by atoms with Crippen molar-refractivity contribution in [2.75, 3.05) is 18.8 Å². The predicted molar refractivity (Wildman–Crippen MR) is 82.3 cm³/mol. The van der Waals surface area contributed by atoms with E-state index in [0.29, 0.717) is 5.92 Å². The second-order valence-corrected chi connectivity index (χ2v) is 8.52. The summed E-state index contributed by atoms with van der Waals surface area (Å²) in [4.78, 5) is 14.4. The summed E-state index contributed by atoms with van der Waals surface area (Å²) in [5, 5.41) is 0. The molecule has 1 saturated carbocycles. The van der Waals surface area contributed by atoms with Gasteiger partial charge in [-0.15, -0.1) is 0 Å². The molecule has 2 aliphatic rings. The number of amides is 1. The highest BCUT2D eigenvalue weighted by atomic mass is 32.2. The Labute approximate surface area is 121 Å². The summed E-state index contributed by atoms with van der Waals surface area (Å²) in [6.07, 6.45) is 7.42. The van der Waals surface area contributed by atoms with Crippen molar-refractivity contribution in [2.45, 2.75) is 63.2 Å². The van der Waals surface area contributed by atoms with Crippen molar-refractivity contribution in [3.8, 4) is 0 Å². The maximum absolute atomic E-state index is 12.5. The molecular weight excluding hydrogens is 256 g/mol. The van der Waals surface area contributed by atoms with E-state index in [4.69, 9.17) is 5.73 Å². The fourth-order valence-corrected chi connectivity index (χ4v) is 4.43. The third-order valence-corrected chi connectivity index (χ3v) is 5.66. The van der Waals surface area contributed by atoms with Crippen LogP contribution in [0.25, 0.3) is 0 Å². The number of hydrogen-bond donors (Lipinski definition) is 1. The van der Waals surface area contributed by atoms with Crippen LogP contribution in [0, 0.1) is 5.92 Å². The smallest absolute Gasteiger partial charge is 0.239 e. The van der Waals surface area contributed by atoms with Gasteiger partial charge in [0.1, 0.15) is 0 Å². The fraction of sp³-hybridized carbons (Fsp3) is 0.933. The molecule has 3 nitrogen and oxygen atoms in total. The zero-order valence-electron chi connectivity index (χ0n) is 12.4. The highest BCUT2D eigenvalue weighted by Gasteiger charge is 2.32. The SMILES string of the molecule is CC1(C)CN(C(=O)C(N)CC2CCCCC2)CCS1. The Morgan fingerprint density at radius 2 is 2.05 bits per heavy atom. The lowest BCUT2D eigenvalue weighted by Crippen LogP contribution is -2.52. The largest absolute Gasteiger partial charge is 0.339 e. The minimum atomic E-state index is -0.276. The Hall–Kier alpha value is -0.220. The molecule has 2 rings (SSSR count). The molecule has 2 fully saturated rings. The number of carbonyl (C=O) groups is 1. The summed E-state index contributed by atoms with van der Waals surface area (Å²) in [6.45, 7) is 6.13. The maximum Gasteiger partial charge on any atom is 0.239 e. The van der Waals surface area contributed by atoms with Crippen LogP contribution in [0.4, 0.5) is 0 Å². The van der Waals surface area contributed by atoms with Crippen molar-refractivity contribution in [1.82, 2.24) is 4.90 Å². The van der Waals surface area contributed by atoms with Crippen LogP contribution in [0.1, 0.15) is 52.4 Å². The van der Waals surface area contributed by atoms with Gasteiger partial charge in [-0.2, -0.15) is 11.8 Å². The predicted octanol–water partition coefficient (Wildman–Crippen LogP) is 2.64. The lowest BCUT2D eigenvalue weighted by Gasteiger charge is -2.39. The van der Waals surface area contributed by atoms with E-state index < -0.39 is 0 Å². The lowest BCUT2D eigenvalue weighted by atomic mass is 9.84. The third-order valence-electron chi connectivity index (χ3n) is 4.37. The summed E-state index contributed by atoms with van der Waals surface area (Å²) < 4.78 is 0.179. The monoisotopic (exact) mass is 284 g/mol. The summed E-state index contributed by atoms with van der Waals surface area (Å²) in [5.41, 5.74) is 6.17. The van der Waals surface area contributed by atoms with Crippen molar-refractivity contribution < 1.29 is 4.79 Å². The quantitative estimate of drug-likeness (QED) is 0.866. The number of rotatable bonds is 3. The van der Waals surface area contributed by atoms with Crippen molar-refractivity contribution in [3.05, 3.63) is 0 Å². The number of hydrogen-bond acceptors (Lipinski definition) is 3. The van der Waals surface area contributed by atoms with Gasteiger partial charge in [0.05, 0.1) is 6.04 Å². The Morgan fingerprint density at radius 3 is 2.68 bits per heavy atom. The highest BCUT2D eigenvalue weighted by Crippen LogP contribution is 2.31. The van der Waals surface area contributed by atoms with Gasteiger partial charge in [-0.1, -0.05) is 32.1 Å². The van der Waals surface area contributed by atoms with E-state index in [-0.39, 0.29) is 16.7 Å². The van der Waals surface area contributed by atoms with E-state index >= 15 is 0 Å². The zero-order chi connectivity index (χ0) is 13.9. The second kappa shape index (κ2) is 6.49. The summed E-state index contributed by atoms with van der Waals surface area (Å²) in [7, 11) is 0. The molecule has 0 aromatic heterocycles. The molecule has 0 radical (unpaired) electrons. The molecular formula is C15H28N2OS. The van der Waals surface area contributed by atoms with E-state index in [2.05, 4.69) is 13.8 Å². The number of nitrogens with zero attached hydrogens (tertiary/aromatic N) is 1. The average Bonchev–Trinajstić information content (AvgIpc) is 2.38. The van der Waals surface area contributed by atoms with Crippen LogP contribution < -0.4 is 5.73 Å². The molecule has 19 heavy (non-hydrogen) atoms. The molecule has 110 valence electrons. The van der Waals surface area contributed by atoms with E-state index in [1.54, 1.807) is 0 Å². The van der Waals surface area contributed by atoms with E-state index in [1.807, 2.05) is 16.7 Å². The van der Waals surface area contributed by atoms with Crippen molar-refractivity contribution >= 4 is 17.7 Å². The van der Waals surface area contributed by atoms with Crippen molar-refractivity contribution in [2.24, 2.45) is 11.7 Å². The van der Waals surface area contributed by atoms with Crippen LogP contribution in [0.2, 0.25) is 0 Å². The first-order valence-electron chi connectivity index (χ1n) is 7.66. The third kappa shape index (κ3) is 4.38. The van der Waals surface area contributed by atoms with Crippen LogP contribution >= 0.6 is 11.8 Å². The normalized spacial score (nSPS) is 26.2. The van der Waals surface area contributed by atoms with Crippen molar-refractivity contribution in [3.63, 3.8) is 0 Å². The Bertz CT molecular complexity index is 313. The second-order valence-electron chi connectivity index (χ2n) is 6.71. The van der Waals surface area contributed by atoms with Crippen LogP contribution in [0.5, 0.6) is 0 Å². The molecule has 2 N–H and O–H groups in total. The van der Waals surface area contributed by atoms with Gasteiger partial charge in [-0.25, -0.2) is 0 Å². The lowest BCUT2D eigenvalue weighted by molar-refractivity contribution is -0.133. The van der Waals surface area contributed by atoms with E-state index in [0.717, 1.165) is 25.3 Å². The molecule has 0 spiro atoms. The van der Waals surface area contributed by atoms with Gasteiger partial charge in [0, 0.05) is 23.6 Å². The van der Waals surface area contributed by atoms with E-state index in [9.17, 15) is 4.79 Å². The maximum atomic E-state index is 12.5. The van der Waals surface area contributed by atoms with Gasteiger partial charge in [-0.05, 0) is 26.2 Å². The molecule has 1 saturated heterocycles. The van der Waals surface area contributed by atoms with Gasteiger partial charge >= 0.3 is 0 Å². The van der Waals surface area contributed by atoms with Crippen LogP contribution in [0.3, 0.4) is 0 Å². The molecule has 0 bridgehead atoms. The Balaban J connectivity index is 1.84. The summed E-state index contributed by atoms with van der Waals surface area (Å²) in [5.74, 6) is 1.90. The molecule has 1 amide bonds. The minimum Gasteiger partial charge on any atom is -0.339 e. The number of thioether (sulfide) groups is 1. The minimum absolute atomic E-state index is 0.179. The molecule has 1 aliphatic heterocycles. The first-order valence-corrected chi connectivity index (χ1v) is 8.65. The highest BCUT2D eigenvalue weighted by molar-refractivity contribution is 8.00. The zero-order valence-corrected chi connectivity index (χ0v) is 13.2. The molecule has 4 heteroatoms. The van der Waals surface area contributed by atoms with Crippen LogP contribution in [-0.2, 0) is 4.79 Å². The van der Waals surface area contributed by atoms with Crippen LogP contribution in [-0.4, -0.2) is 40.4 Å². The molecule has 1 atom stereocenters. The topological polar surface area (TPSA) is 46.3 Å². The van der Waals surface area contributed by atoms with E-state index in [1.165, 1.54) is 32.1 Å². The first-order chi connectivity index (χ1) is 8.98. The van der Waals surface area contributed by atoms with Gasteiger partial charge in [0.25, 0.3) is 0 Å². The number of nitrogens with two attached hydrogens (primary N) is 1. The molecule has 0 aromatic carbocycles. The van der Waals surface area contributed by atoms with Crippen molar-refractivity contribution in [1.29, 1.82) is 0 Å². The van der Waals surface area contributed by atoms with Gasteiger partial charge in [0.2, 0.25) is 5.91 Å². The number of carbonyl (C=O) groups excluding carboxylic acids is 1. The first kappa shape index (κ1) is 15.2. The molecule has 1 aliphatic carbocycles. The summed E-state index contributed by atoms with van der Waals surface area (Å²) in [6, 6.07) is -0.276. The Morgan fingerprint density at radius 1 is 1.37 bits per heavy atom. The Kier molecular flexibility index (Phi) is 5.18. The molecule has 1 unspecified atom stereocenters. The molecule has 0 aromatic rings. The molecule has 1 heterocycles. The van der Waals surface area contributed by atoms with Gasteiger partial charge in [-0.3, -0.25) is 4.79 Å². The standard InChI is InChI=1S/C15H28N2OS/c1-15(2)11-17(8-9-19-15)14(18)13(16)10-12-6-4-3-5-7-12/h12-13H,3-11,16H2,1-2H3. The summed E-state index contributed by atoms with van der Waals surface area (Å²) >= 11 is 1.95.